The fourth-order valence-corrected chi connectivity index (χ4v) is 2.09. The number of anilines is 2. The normalized spacial score (nSPS) is 10.4. The van der Waals surface area contributed by atoms with Crippen LogP contribution in [-0.2, 0) is 6.42 Å². The molecular weight excluding hydrogens is 244 g/mol. The van der Waals surface area contributed by atoms with Gasteiger partial charge in [0, 0.05) is 17.1 Å². The van der Waals surface area contributed by atoms with Gasteiger partial charge in [-0.05, 0) is 30.8 Å². The van der Waals surface area contributed by atoms with Crippen molar-refractivity contribution in [2.75, 3.05) is 11.9 Å². The number of benzene rings is 1. The van der Waals surface area contributed by atoms with E-state index in [9.17, 15) is 0 Å². The summed E-state index contributed by atoms with van der Waals surface area (Å²) in [6.45, 7) is 0.593. The number of nitrogens with two attached hydrogens (primary N) is 1. The minimum absolute atomic E-state index is 0.593. The molecule has 0 spiro atoms. The molecule has 0 aliphatic heterocycles. The van der Waals surface area contributed by atoms with Crippen molar-refractivity contribution in [2.45, 2.75) is 6.42 Å². The number of aromatic nitrogens is 2. The largest absolute Gasteiger partial charge is 0.330 e. The molecule has 0 unspecified atom stereocenters. The molecule has 4 nitrogen and oxygen atoms in total. The highest BCUT2D eigenvalue weighted by Crippen LogP contribution is 2.21. The fourth-order valence-electron chi connectivity index (χ4n) is 1.19. The van der Waals surface area contributed by atoms with Crippen LogP contribution in [0.3, 0.4) is 0 Å². The Kier molecular flexibility index (Phi) is 3.71. The molecule has 2 aromatic rings. The number of nitrogens with one attached hydrogen (secondary N) is 1. The van der Waals surface area contributed by atoms with Crippen LogP contribution in [0.25, 0.3) is 0 Å². The fraction of sp³-hybridized carbons (Fsp3) is 0.200. The Morgan fingerprint density at radius 3 is 2.69 bits per heavy atom. The molecule has 1 aromatic carbocycles. The van der Waals surface area contributed by atoms with Gasteiger partial charge in [-0.3, -0.25) is 0 Å². The van der Waals surface area contributed by atoms with E-state index in [1.54, 1.807) is 0 Å². The van der Waals surface area contributed by atoms with E-state index in [0.717, 1.165) is 22.2 Å². The van der Waals surface area contributed by atoms with E-state index >= 15 is 0 Å². The van der Waals surface area contributed by atoms with Crippen LogP contribution in [0, 0.1) is 0 Å². The minimum atomic E-state index is 0.593. The Hall–Kier alpha value is -1.17. The van der Waals surface area contributed by atoms with Crippen molar-refractivity contribution >= 4 is 33.8 Å². The Morgan fingerprint density at radius 2 is 2.00 bits per heavy atom. The lowest BCUT2D eigenvalue weighted by atomic mass is 10.3. The number of rotatable bonds is 4. The Bertz CT molecular complexity index is 454. The van der Waals surface area contributed by atoms with Crippen molar-refractivity contribution in [1.29, 1.82) is 0 Å². The van der Waals surface area contributed by atoms with Gasteiger partial charge in [-0.25, -0.2) is 0 Å². The van der Waals surface area contributed by atoms with E-state index in [-0.39, 0.29) is 0 Å². The predicted octanol–water partition coefficient (Wildman–Crippen LogP) is 2.44. The van der Waals surface area contributed by atoms with Crippen molar-refractivity contribution in [3.8, 4) is 0 Å². The van der Waals surface area contributed by atoms with Gasteiger partial charge < -0.3 is 11.1 Å². The van der Waals surface area contributed by atoms with Crippen molar-refractivity contribution in [3.05, 3.63) is 34.3 Å². The maximum Gasteiger partial charge on any atom is 0.210 e. The second-order valence-electron chi connectivity index (χ2n) is 3.17. The maximum atomic E-state index is 5.79. The SMILES string of the molecule is NCCc1nnc(Nc2ccc(Cl)cc2)s1. The zero-order valence-corrected chi connectivity index (χ0v) is 10.1. The molecule has 84 valence electrons. The van der Waals surface area contributed by atoms with Gasteiger partial charge in [-0.2, -0.15) is 0 Å². The molecule has 0 bridgehead atoms. The number of halogens is 1. The quantitative estimate of drug-likeness (QED) is 0.880. The van der Waals surface area contributed by atoms with E-state index in [4.69, 9.17) is 17.3 Å². The highest BCUT2D eigenvalue weighted by Gasteiger charge is 2.03. The summed E-state index contributed by atoms with van der Waals surface area (Å²) < 4.78 is 0. The van der Waals surface area contributed by atoms with Gasteiger partial charge in [-0.1, -0.05) is 22.9 Å². The maximum absolute atomic E-state index is 5.79. The average Bonchev–Trinajstić information content (AvgIpc) is 2.70. The topological polar surface area (TPSA) is 63.8 Å². The first kappa shape index (κ1) is 11.3. The molecule has 0 fully saturated rings. The summed E-state index contributed by atoms with van der Waals surface area (Å²) >= 11 is 7.30. The molecule has 0 amide bonds. The predicted molar refractivity (Wildman–Crippen MR) is 67.4 cm³/mol. The number of hydrogen-bond acceptors (Lipinski definition) is 5. The van der Waals surface area contributed by atoms with Crippen LogP contribution in [-0.4, -0.2) is 16.7 Å². The zero-order valence-electron chi connectivity index (χ0n) is 8.48. The Labute approximate surface area is 102 Å². The molecule has 2 rings (SSSR count). The van der Waals surface area contributed by atoms with Crippen molar-refractivity contribution in [2.24, 2.45) is 5.73 Å². The second-order valence-corrected chi connectivity index (χ2v) is 4.67. The molecule has 0 saturated carbocycles. The summed E-state index contributed by atoms with van der Waals surface area (Å²) in [6, 6.07) is 7.44. The first-order valence-electron chi connectivity index (χ1n) is 4.83. The molecular formula is C10H11ClN4S. The lowest BCUT2D eigenvalue weighted by Gasteiger charge is -2.00. The van der Waals surface area contributed by atoms with Gasteiger partial charge in [0.2, 0.25) is 5.13 Å². The number of nitrogens with zero attached hydrogens (tertiary/aromatic N) is 2. The zero-order chi connectivity index (χ0) is 11.4. The third kappa shape index (κ3) is 2.91. The third-order valence-corrected chi connectivity index (χ3v) is 3.07. The average molecular weight is 255 g/mol. The summed E-state index contributed by atoms with van der Waals surface area (Å²) in [6.07, 6.45) is 0.764. The number of hydrogen-bond donors (Lipinski definition) is 2. The molecule has 1 aromatic heterocycles. The third-order valence-electron chi connectivity index (χ3n) is 1.92. The monoisotopic (exact) mass is 254 g/mol. The van der Waals surface area contributed by atoms with E-state index in [0.29, 0.717) is 11.6 Å². The van der Waals surface area contributed by atoms with Gasteiger partial charge in [0.1, 0.15) is 5.01 Å². The molecule has 0 aliphatic rings. The van der Waals surface area contributed by atoms with Crippen LogP contribution in [0.1, 0.15) is 5.01 Å². The van der Waals surface area contributed by atoms with Crippen LogP contribution in [0.15, 0.2) is 24.3 Å². The first-order chi connectivity index (χ1) is 7.78. The summed E-state index contributed by atoms with van der Waals surface area (Å²) in [5.41, 5.74) is 6.39. The van der Waals surface area contributed by atoms with Crippen molar-refractivity contribution < 1.29 is 0 Å². The summed E-state index contributed by atoms with van der Waals surface area (Å²) in [5.74, 6) is 0. The molecule has 16 heavy (non-hydrogen) atoms. The smallest absolute Gasteiger partial charge is 0.210 e. The molecule has 1 heterocycles. The Balaban J connectivity index is 2.05. The van der Waals surface area contributed by atoms with Gasteiger partial charge >= 0.3 is 0 Å². The van der Waals surface area contributed by atoms with Gasteiger partial charge in [-0.15, -0.1) is 10.2 Å². The summed E-state index contributed by atoms with van der Waals surface area (Å²) in [5, 5.41) is 13.6. The highest BCUT2D eigenvalue weighted by molar-refractivity contribution is 7.15. The van der Waals surface area contributed by atoms with Gasteiger partial charge in [0.25, 0.3) is 0 Å². The Morgan fingerprint density at radius 1 is 1.25 bits per heavy atom. The lowest BCUT2D eigenvalue weighted by Crippen LogP contribution is -2.01. The van der Waals surface area contributed by atoms with E-state index < -0.39 is 0 Å². The molecule has 0 aliphatic carbocycles. The van der Waals surface area contributed by atoms with E-state index in [1.165, 1.54) is 11.3 Å². The molecule has 0 atom stereocenters. The van der Waals surface area contributed by atoms with Crippen LogP contribution in [0.4, 0.5) is 10.8 Å². The molecule has 6 heteroatoms. The first-order valence-corrected chi connectivity index (χ1v) is 6.02. The molecule has 0 saturated heterocycles. The molecule has 0 radical (unpaired) electrons. The minimum Gasteiger partial charge on any atom is -0.330 e. The lowest BCUT2D eigenvalue weighted by molar-refractivity contribution is 0.913. The van der Waals surface area contributed by atoms with Crippen LogP contribution in [0.2, 0.25) is 5.02 Å². The summed E-state index contributed by atoms with van der Waals surface area (Å²) in [4.78, 5) is 0. The van der Waals surface area contributed by atoms with E-state index in [2.05, 4.69) is 15.5 Å². The van der Waals surface area contributed by atoms with Gasteiger partial charge in [0.15, 0.2) is 0 Å². The second kappa shape index (κ2) is 5.25. The van der Waals surface area contributed by atoms with Crippen LogP contribution < -0.4 is 11.1 Å². The molecule has 3 N–H and O–H groups in total. The van der Waals surface area contributed by atoms with Crippen LogP contribution in [0.5, 0.6) is 0 Å². The standard InChI is InChI=1S/C10H11ClN4S/c11-7-1-3-8(4-2-7)13-10-15-14-9(16-10)5-6-12/h1-4H,5-6,12H2,(H,13,15). The van der Waals surface area contributed by atoms with E-state index in [1.807, 2.05) is 24.3 Å². The van der Waals surface area contributed by atoms with Crippen molar-refractivity contribution in [1.82, 2.24) is 10.2 Å². The van der Waals surface area contributed by atoms with Crippen LogP contribution >= 0.6 is 22.9 Å². The van der Waals surface area contributed by atoms with Gasteiger partial charge in [0.05, 0.1) is 0 Å². The highest BCUT2D eigenvalue weighted by atomic mass is 35.5. The summed E-state index contributed by atoms with van der Waals surface area (Å²) in [7, 11) is 0. The van der Waals surface area contributed by atoms with Crippen molar-refractivity contribution in [3.63, 3.8) is 0 Å².